The molecule has 1 aromatic rings. The van der Waals surface area contributed by atoms with E-state index in [1.807, 2.05) is 0 Å². The van der Waals surface area contributed by atoms with E-state index in [0.717, 1.165) is 12.3 Å². The largest absolute Gasteiger partial charge is 0.324 e. The first kappa shape index (κ1) is 12.6. The van der Waals surface area contributed by atoms with Gasteiger partial charge in [-0.05, 0) is 42.2 Å². The lowest BCUT2D eigenvalue weighted by Crippen LogP contribution is -2.25. The van der Waals surface area contributed by atoms with Crippen molar-refractivity contribution in [1.29, 1.82) is 0 Å². The van der Waals surface area contributed by atoms with Gasteiger partial charge in [-0.1, -0.05) is 51.0 Å². The fraction of sp³-hybridized carbons (Fsp3) is 0.625. The maximum Gasteiger partial charge on any atom is 0.0323 e. The monoisotopic (exact) mass is 231 g/mol. The zero-order valence-corrected chi connectivity index (χ0v) is 11.2. The van der Waals surface area contributed by atoms with Crippen molar-refractivity contribution in [2.24, 2.45) is 17.6 Å². The van der Waals surface area contributed by atoms with Crippen LogP contribution in [0.1, 0.15) is 56.7 Å². The molecule has 1 heteroatoms. The first-order chi connectivity index (χ1) is 8.20. The van der Waals surface area contributed by atoms with Crippen LogP contribution in [0, 0.1) is 11.8 Å². The molecule has 17 heavy (non-hydrogen) atoms. The van der Waals surface area contributed by atoms with Crippen LogP contribution in [0.15, 0.2) is 24.3 Å². The number of hydrogen-bond acceptors (Lipinski definition) is 1. The summed E-state index contributed by atoms with van der Waals surface area (Å²) in [6.45, 7) is 4.55. The van der Waals surface area contributed by atoms with Crippen LogP contribution in [0.25, 0.3) is 0 Å². The van der Waals surface area contributed by atoms with Crippen LogP contribution in [0.4, 0.5) is 0 Å². The second kappa shape index (κ2) is 5.68. The second-order valence-electron chi connectivity index (χ2n) is 5.64. The highest BCUT2D eigenvalue weighted by atomic mass is 14.7. The summed E-state index contributed by atoms with van der Waals surface area (Å²) in [5, 5.41) is 0. The molecule has 1 aromatic carbocycles. The van der Waals surface area contributed by atoms with E-state index in [1.165, 1.54) is 36.8 Å². The average molecular weight is 231 g/mol. The van der Waals surface area contributed by atoms with E-state index < -0.39 is 0 Å². The van der Waals surface area contributed by atoms with Crippen LogP contribution in [-0.2, 0) is 6.42 Å². The van der Waals surface area contributed by atoms with Gasteiger partial charge in [0.15, 0.2) is 0 Å². The molecule has 1 saturated carbocycles. The predicted molar refractivity (Wildman–Crippen MR) is 73.9 cm³/mol. The molecule has 0 radical (unpaired) electrons. The van der Waals surface area contributed by atoms with Crippen molar-refractivity contribution < 1.29 is 0 Å². The molecule has 1 aliphatic rings. The molecule has 2 N–H and O–H groups in total. The third-order valence-electron chi connectivity index (χ3n) is 4.34. The Morgan fingerprint density at radius 2 is 1.71 bits per heavy atom. The predicted octanol–water partition coefficient (Wildman–Crippen LogP) is 4.08. The van der Waals surface area contributed by atoms with Gasteiger partial charge in [0.05, 0.1) is 0 Å². The number of nitrogens with two attached hydrogens (primary N) is 1. The van der Waals surface area contributed by atoms with Crippen LogP contribution in [0.5, 0.6) is 0 Å². The number of aryl methyl sites for hydroxylation is 1. The van der Waals surface area contributed by atoms with Crippen LogP contribution in [0.2, 0.25) is 0 Å². The lowest BCUT2D eigenvalue weighted by Gasteiger charge is -2.30. The van der Waals surface area contributed by atoms with Gasteiger partial charge < -0.3 is 5.73 Å². The number of hydrogen-bond donors (Lipinski definition) is 1. The minimum absolute atomic E-state index is 0.244. The molecule has 1 unspecified atom stereocenters. The molecule has 1 nitrogen and oxygen atoms in total. The van der Waals surface area contributed by atoms with Crippen molar-refractivity contribution in [3.8, 4) is 0 Å². The van der Waals surface area contributed by atoms with E-state index in [2.05, 4.69) is 38.1 Å². The standard InChI is InChI=1S/C16H25N/c1-3-13-6-10-15(11-7-13)16(17)14-8-4-12(2)5-9-14/h6-7,10-12,14,16H,3-5,8-9,17H2,1-2H3. The van der Waals surface area contributed by atoms with E-state index in [0.29, 0.717) is 5.92 Å². The quantitative estimate of drug-likeness (QED) is 0.833. The van der Waals surface area contributed by atoms with Crippen LogP contribution >= 0.6 is 0 Å². The van der Waals surface area contributed by atoms with Crippen LogP contribution < -0.4 is 5.73 Å². The molecule has 1 fully saturated rings. The van der Waals surface area contributed by atoms with Gasteiger partial charge in [0.1, 0.15) is 0 Å². The van der Waals surface area contributed by atoms with Gasteiger partial charge in [0.25, 0.3) is 0 Å². The van der Waals surface area contributed by atoms with E-state index in [-0.39, 0.29) is 6.04 Å². The van der Waals surface area contributed by atoms with Crippen molar-refractivity contribution in [2.75, 3.05) is 0 Å². The molecule has 0 bridgehead atoms. The molecule has 0 spiro atoms. The van der Waals surface area contributed by atoms with E-state index in [4.69, 9.17) is 5.73 Å². The Bertz CT molecular complexity index is 333. The summed E-state index contributed by atoms with van der Waals surface area (Å²) in [6.07, 6.45) is 6.42. The zero-order chi connectivity index (χ0) is 12.3. The second-order valence-corrected chi connectivity index (χ2v) is 5.64. The van der Waals surface area contributed by atoms with E-state index >= 15 is 0 Å². The van der Waals surface area contributed by atoms with Gasteiger partial charge in [0, 0.05) is 6.04 Å². The molecular weight excluding hydrogens is 206 g/mol. The first-order valence-corrected chi connectivity index (χ1v) is 7.05. The Morgan fingerprint density at radius 1 is 1.12 bits per heavy atom. The summed E-state index contributed by atoms with van der Waals surface area (Å²) in [5.74, 6) is 1.60. The molecule has 0 aromatic heterocycles. The fourth-order valence-electron chi connectivity index (χ4n) is 2.89. The highest BCUT2D eigenvalue weighted by molar-refractivity contribution is 5.25. The van der Waals surface area contributed by atoms with Crippen molar-refractivity contribution in [3.63, 3.8) is 0 Å². The molecule has 0 amide bonds. The molecule has 1 atom stereocenters. The molecule has 0 heterocycles. The topological polar surface area (TPSA) is 26.0 Å². The average Bonchev–Trinajstić information content (AvgIpc) is 2.39. The van der Waals surface area contributed by atoms with Crippen molar-refractivity contribution >= 4 is 0 Å². The number of benzene rings is 1. The fourth-order valence-corrected chi connectivity index (χ4v) is 2.89. The summed E-state index contributed by atoms with van der Waals surface area (Å²) in [4.78, 5) is 0. The summed E-state index contributed by atoms with van der Waals surface area (Å²) in [7, 11) is 0. The first-order valence-electron chi connectivity index (χ1n) is 7.05. The summed E-state index contributed by atoms with van der Waals surface area (Å²) < 4.78 is 0. The maximum absolute atomic E-state index is 6.41. The Hall–Kier alpha value is -0.820. The molecule has 2 rings (SSSR count). The molecular formula is C16H25N. The normalized spacial score (nSPS) is 26.8. The Kier molecular flexibility index (Phi) is 4.22. The Balaban J connectivity index is 2.00. The van der Waals surface area contributed by atoms with Gasteiger partial charge in [-0.15, -0.1) is 0 Å². The third-order valence-corrected chi connectivity index (χ3v) is 4.34. The smallest absolute Gasteiger partial charge is 0.0323 e. The summed E-state index contributed by atoms with van der Waals surface area (Å²) in [6, 6.07) is 9.14. The third kappa shape index (κ3) is 3.10. The van der Waals surface area contributed by atoms with E-state index in [1.54, 1.807) is 0 Å². The lowest BCUT2D eigenvalue weighted by atomic mass is 9.77. The van der Waals surface area contributed by atoms with Gasteiger partial charge in [-0.2, -0.15) is 0 Å². The zero-order valence-electron chi connectivity index (χ0n) is 11.2. The highest BCUT2D eigenvalue weighted by Gasteiger charge is 2.24. The number of rotatable bonds is 3. The maximum atomic E-state index is 6.41. The summed E-state index contributed by atoms with van der Waals surface area (Å²) >= 11 is 0. The molecule has 1 aliphatic carbocycles. The van der Waals surface area contributed by atoms with Crippen molar-refractivity contribution in [1.82, 2.24) is 0 Å². The minimum Gasteiger partial charge on any atom is -0.324 e. The molecule has 94 valence electrons. The van der Waals surface area contributed by atoms with Crippen molar-refractivity contribution in [2.45, 2.75) is 52.0 Å². The van der Waals surface area contributed by atoms with Gasteiger partial charge in [0.2, 0.25) is 0 Å². The summed E-state index contributed by atoms with van der Waals surface area (Å²) in [5.41, 5.74) is 9.13. The molecule has 0 saturated heterocycles. The van der Waals surface area contributed by atoms with Gasteiger partial charge in [-0.25, -0.2) is 0 Å². The SMILES string of the molecule is CCc1ccc(C(N)C2CCC(C)CC2)cc1. The van der Waals surface area contributed by atoms with Crippen LogP contribution in [-0.4, -0.2) is 0 Å². The lowest BCUT2D eigenvalue weighted by molar-refractivity contribution is 0.256. The Labute approximate surface area is 105 Å². The van der Waals surface area contributed by atoms with Crippen molar-refractivity contribution in [3.05, 3.63) is 35.4 Å². The molecule has 0 aliphatic heterocycles. The van der Waals surface area contributed by atoms with Gasteiger partial charge >= 0.3 is 0 Å². The van der Waals surface area contributed by atoms with Crippen LogP contribution in [0.3, 0.4) is 0 Å². The van der Waals surface area contributed by atoms with Gasteiger partial charge in [-0.3, -0.25) is 0 Å². The van der Waals surface area contributed by atoms with E-state index in [9.17, 15) is 0 Å². The highest BCUT2D eigenvalue weighted by Crippen LogP contribution is 2.35. The minimum atomic E-state index is 0.244. The Morgan fingerprint density at radius 3 is 2.24 bits per heavy atom.